The molecule has 0 radical (unpaired) electrons. The maximum Gasteiger partial charge on any atom is 0.187 e. The molecule has 4 saturated heterocycles. The Balaban J connectivity index is 1.48. The van der Waals surface area contributed by atoms with E-state index in [9.17, 15) is 41.0 Å². The molecule has 19 unspecified atom stereocenters. The molecule has 19 heteroatoms. The first kappa shape index (κ1) is 32.6. The lowest BCUT2D eigenvalue weighted by Gasteiger charge is -2.49. The van der Waals surface area contributed by atoms with Gasteiger partial charge in [-0.05, 0) is 6.42 Å². The Hall–Kier alpha value is -0.760. The van der Waals surface area contributed by atoms with Crippen molar-refractivity contribution >= 4 is 0 Å². The van der Waals surface area contributed by atoms with Crippen LogP contribution in [0.25, 0.3) is 0 Å². The molecule has 0 amide bonds. The summed E-state index contributed by atoms with van der Waals surface area (Å²) in [4.78, 5) is 0. The van der Waals surface area contributed by atoms with Gasteiger partial charge in [-0.3, -0.25) is 0 Å². The van der Waals surface area contributed by atoms with E-state index in [1.807, 2.05) is 0 Å². The van der Waals surface area contributed by atoms with Gasteiger partial charge in [0, 0.05) is 18.6 Å². The molecule has 4 heterocycles. The third-order valence-electron chi connectivity index (χ3n) is 8.77. The second-order valence-electron chi connectivity index (χ2n) is 11.5. The van der Waals surface area contributed by atoms with Gasteiger partial charge in [0.2, 0.25) is 0 Å². The van der Waals surface area contributed by atoms with Gasteiger partial charge in [0.05, 0.1) is 25.3 Å². The number of rotatable bonds is 4. The van der Waals surface area contributed by atoms with Crippen LogP contribution >= 0.6 is 0 Å². The maximum atomic E-state index is 11.3. The molecule has 0 aromatic carbocycles. The number of hydroxylamine groups is 2. The van der Waals surface area contributed by atoms with Crippen LogP contribution in [0.4, 0.5) is 0 Å². The first-order valence-electron chi connectivity index (χ1n) is 13.9. The topological polar surface area (TPSA) is 325 Å². The number of hydrogen-bond donors (Lipinski definition) is 12. The van der Waals surface area contributed by atoms with Crippen molar-refractivity contribution in [3.05, 3.63) is 0 Å². The summed E-state index contributed by atoms with van der Waals surface area (Å²) in [6, 6.07) is -4.50. The Morgan fingerprint density at radius 3 is 2.05 bits per heavy atom. The molecule has 0 spiro atoms. The minimum absolute atomic E-state index is 0.0797. The van der Waals surface area contributed by atoms with Gasteiger partial charge in [-0.15, -0.1) is 0 Å². The van der Waals surface area contributed by atoms with Crippen LogP contribution in [0.3, 0.4) is 0 Å². The smallest absolute Gasteiger partial charge is 0.187 e. The second kappa shape index (κ2) is 12.9. The van der Waals surface area contributed by atoms with E-state index in [1.54, 1.807) is 0 Å². The summed E-state index contributed by atoms with van der Waals surface area (Å²) in [7, 11) is 0. The van der Waals surface area contributed by atoms with Gasteiger partial charge < -0.3 is 92.3 Å². The van der Waals surface area contributed by atoms with Gasteiger partial charge in [-0.2, -0.15) is 5.06 Å². The predicted octanol–water partition coefficient (Wildman–Crippen LogP) is -8.11. The molecule has 5 fully saturated rings. The average molecular weight is 614 g/mol. The van der Waals surface area contributed by atoms with Gasteiger partial charge >= 0.3 is 0 Å². The summed E-state index contributed by atoms with van der Waals surface area (Å²) in [6.07, 6.45) is -21.0. The molecule has 19 nitrogen and oxygen atoms in total. The zero-order chi connectivity index (χ0) is 30.6. The van der Waals surface area contributed by atoms with Crippen LogP contribution in [-0.4, -0.2) is 182 Å². The molecule has 5 rings (SSSR count). The Kier molecular flexibility index (Phi) is 10.0. The third-order valence-corrected chi connectivity index (χ3v) is 8.77. The van der Waals surface area contributed by atoms with Crippen LogP contribution in [-0.2, 0) is 28.4 Å². The average Bonchev–Trinajstić information content (AvgIpc) is 3.22. The Bertz CT molecular complexity index is 914. The van der Waals surface area contributed by atoms with E-state index in [-0.39, 0.29) is 13.0 Å². The Labute approximate surface area is 240 Å². The van der Waals surface area contributed by atoms with E-state index < -0.39 is 129 Å². The minimum atomic E-state index is -1.73. The van der Waals surface area contributed by atoms with E-state index >= 15 is 0 Å². The molecule has 2 bridgehead atoms. The molecular weight excluding hydrogens is 570 g/mol. The standard InChI is InChI=1S/C23H43N5O14/c24-2-7-13(31)15(33)10(27)21(37-7)41-19-8-3-28(36)11-16(34)14(32)9(4-29)39-22(11)40-18-6(26)1-5(25)12(30)20(18)42-23(38-8)17(19)35/h5-23,29-36H,1-4,24-27H2. The monoisotopic (exact) mass is 613 g/mol. The lowest BCUT2D eigenvalue weighted by atomic mass is 9.84. The van der Waals surface area contributed by atoms with Crippen molar-refractivity contribution in [3.8, 4) is 0 Å². The molecule has 1 saturated carbocycles. The zero-order valence-corrected chi connectivity index (χ0v) is 22.6. The molecule has 4 aliphatic heterocycles. The highest BCUT2D eigenvalue weighted by Gasteiger charge is 2.57. The number of fused-ring (bicyclic) bond motifs is 4. The maximum absolute atomic E-state index is 11.3. The van der Waals surface area contributed by atoms with Crippen LogP contribution < -0.4 is 22.9 Å². The first-order chi connectivity index (χ1) is 19.9. The molecule has 1 aliphatic carbocycles. The fourth-order valence-corrected chi connectivity index (χ4v) is 6.28. The highest BCUT2D eigenvalue weighted by Crippen LogP contribution is 2.37. The number of aliphatic hydroxyl groups is 7. The van der Waals surface area contributed by atoms with Gasteiger partial charge in [-0.1, -0.05) is 0 Å². The molecule has 0 aromatic rings. The Morgan fingerprint density at radius 2 is 1.38 bits per heavy atom. The van der Waals surface area contributed by atoms with Crippen molar-refractivity contribution < 1.29 is 69.4 Å². The molecule has 0 aromatic heterocycles. The second-order valence-corrected chi connectivity index (χ2v) is 11.5. The molecule has 19 atom stereocenters. The fraction of sp³-hybridized carbons (Fsp3) is 1.00. The molecule has 244 valence electrons. The minimum Gasteiger partial charge on any atom is -0.394 e. The van der Waals surface area contributed by atoms with Crippen molar-refractivity contribution in [1.82, 2.24) is 5.06 Å². The van der Waals surface area contributed by atoms with E-state index in [2.05, 4.69) is 0 Å². The number of nitrogens with zero attached hydrogens (tertiary/aromatic N) is 1. The van der Waals surface area contributed by atoms with Gasteiger partial charge in [0.15, 0.2) is 18.9 Å². The molecular formula is C23H43N5O14. The van der Waals surface area contributed by atoms with Crippen LogP contribution in [0.5, 0.6) is 0 Å². The highest BCUT2D eigenvalue weighted by atomic mass is 16.8. The summed E-state index contributed by atoms with van der Waals surface area (Å²) in [5.74, 6) is 0. The highest BCUT2D eigenvalue weighted by molar-refractivity contribution is 5.03. The lowest BCUT2D eigenvalue weighted by molar-refractivity contribution is -0.344. The van der Waals surface area contributed by atoms with Crippen LogP contribution in [0.2, 0.25) is 0 Å². The summed E-state index contributed by atoms with van der Waals surface area (Å²) < 4.78 is 35.3. The zero-order valence-electron chi connectivity index (χ0n) is 22.6. The predicted molar refractivity (Wildman–Crippen MR) is 134 cm³/mol. The summed E-state index contributed by atoms with van der Waals surface area (Å²) in [5, 5.41) is 85.9. The quantitative estimate of drug-likeness (QED) is 0.140. The molecule has 16 N–H and O–H groups in total. The van der Waals surface area contributed by atoms with Crippen molar-refractivity contribution in [3.63, 3.8) is 0 Å². The largest absolute Gasteiger partial charge is 0.394 e. The van der Waals surface area contributed by atoms with E-state index in [4.69, 9.17) is 51.4 Å². The van der Waals surface area contributed by atoms with Crippen LogP contribution in [0.1, 0.15) is 6.42 Å². The number of aliphatic hydroxyl groups excluding tert-OH is 7. The summed E-state index contributed by atoms with van der Waals surface area (Å²) in [6.45, 7) is -1.38. The van der Waals surface area contributed by atoms with Gasteiger partial charge in [-0.25, -0.2) is 0 Å². The lowest BCUT2D eigenvalue weighted by Crippen LogP contribution is -2.69. The SMILES string of the molecule is NCC1OC(OC2C3CN(O)C4C(OC(CO)C(O)C4O)OC4C(N)CC(N)C(O)C4OC(O3)C2O)C(N)C(O)C1O. The molecule has 42 heavy (non-hydrogen) atoms. The van der Waals surface area contributed by atoms with Crippen molar-refractivity contribution in [2.75, 3.05) is 19.7 Å². The van der Waals surface area contributed by atoms with E-state index in [0.717, 1.165) is 0 Å². The van der Waals surface area contributed by atoms with Gasteiger partial charge in [0.25, 0.3) is 0 Å². The van der Waals surface area contributed by atoms with Crippen LogP contribution in [0.15, 0.2) is 0 Å². The number of hydrogen-bond acceptors (Lipinski definition) is 19. The van der Waals surface area contributed by atoms with Crippen molar-refractivity contribution in [1.29, 1.82) is 0 Å². The van der Waals surface area contributed by atoms with E-state index in [0.29, 0.717) is 5.06 Å². The van der Waals surface area contributed by atoms with Crippen LogP contribution in [0, 0.1) is 0 Å². The van der Waals surface area contributed by atoms with Gasteiger partial charge in [0.1, 0.15) is 73.2 Å². The number of nitrogens with two attached hydrogens (primary N) is 4. The fourth-order valence-electron chi connectivity index (χ4n) is 6.28. The molecule has 5 aliphatic rings. The van der Waals surface area contributed by atoms with Crippen molar-refractivity contribution in [2.24, 2.45) is 22.9 Å². The summed E-state index contributed by atoms with van der Waals surface area (Å²) in [5.41, 5.74) is 24.1. The van der Waals surface area contributed by atoms with Crippen molar-refractivity contribution in [2.45, 2.75) is 123 Å². The summed E-state index contributed by atoms with van der Waals surface area (Å²) >= 11 is 0. The Morgan fingerprint density at radius 1 is 0.714 bits per heavy atom. The number of ether oxygens (including phenoxy) is 6. The first-order valence-corrected chi connectivity index (χ1v) is 13.9. The normalized spacial score (nSPS) is 55.9. The third kappa shape index (κ3) is 5.83. The van der Waals surface area contributed by atoms with E-state index in [1.165, 1.54) is 0 Å².